The van der Waals surface area contributed by atoms with Crippen molar-refractivity contribution in [2.45, 2.75) is 78.7 Å². The number of hydrogen-bond acceptors (Lipinski definition) is 3. The lowest BCUT2D eigenvalue weighted by molar-refractivity contribution is -0.219. The molecule has 130 valence electrons. The first kappa shape index (κ1) is 16.8. The molecule has 0 aromatic rings. The maximum Gasteiger partial charge on any atom is 0.312 e. The second kappa shape index (κ2) is 4.73. The normalized spacial score (nSPS) is 39.3. The first-order chi connectivity index (χ1) is 10.4. The van der Waals surface area contributed by atoms with E-state index in [2.05, 4.69) is 0 Å². The first-order valence-corrected chi connectivity index (χ1v) is 8.86. The van der Waals surface area contributed by atoms with Crippen molar-refractivity contribution in [3.05, 3.63) is 0 Å². The lowest BCUT2D eigenvalue weighted by atomic mass is 9.48. The highest BCUT2D eigenvalue weighted by Crippen LogP contribution is 2.63. The summed E-state index contributed by atoms with van der Waals surface area (Å²) in [5.74, 6) is -0.0645. The Labute approximate surface area is 139 Å². The molecule has 0 radical (unpaired) electrons. The fraction of sp³-hybridized carbons (Fsp3) is 0.895. The van der Waals surface area contributed by atoms with Gasteiger partial charge in [-0.15, -0.1) is 0 Å². The summed E-state index contributed by atoms with van der Waals surface area (Å²) >= 11 is 0. The number of aliphatic carboxylic acids is 1. The number of carbonyl (C=O) groups is 2. The third kappa shape index (κ3) is 2.49. The Bertz CT molecular complexity index is 526. The number of rotatable bonds is 3. The highest BCUT2D eigenvalue weighted by atomic mass is 16.6. The Kier molecular flexibility index (Phi) is 3.45. The fourth-order valence-corrected chi connectivity index (χ4v) is 5.18. The van der Waals surface area contributed by atoms with E-state index in [1.54, 1.807) is 0 Å². The minimum Gasteiger partial charge on any atom is -0.481 e. The van der Waals surface area contributed by atoms with E-state index in [9.17, 15) is 14.7 Å². The van der Waals surface area contributed by atoms with Gasteiger partial charge < -0.3 is 9.84 Å². The van der Waals surface area contributed by atoms with E-state index in [4.69, 9.17) is 4.74 Å². The molecule has 4 nitrogen and oxygen atoms in total. The van der Waals surface area contributed by atoms with Gasteiger partial charge in [-0.05, 0) is 63.2 Å². The highest BCUT2D eigenvalue weighted by molar-refractivity contribution is 5.78. The van der Waals surface area contributed by atoms with Crippen LogP contribution in [0.3, 0.4) is 0 Å². The summed E-state index contributed by atoms with van der Waals surface area (Å²) < 4.78 is 6.11. The highest BCUT2D eigenvalue weighted by Gasteiger charge is 2.63. The van der Waals surface area contributed by atoms with Crippen LogP contribution in [0.25, 0.3) is 0 Å². The van der Waals surface area contributed by atoms with E-state index in [0.717, 1.165) is 32.1 Å². The number of esters is 1. The molecular weight excluding hydrogens is 292 g/mol. The molecule has 23 heavy (non-hydrogen) atoms. The van der Waals surface area contributed by atoms with Crippen molar-refractivity contribution in [3.8, 4) is 0 Å². The molecule has 2 unspecified atom stereocenters. The molecule has 0 spiro atoms. The van der Waals surface area contributed by atoms with Gasteiger partial charge in [0.25, 0.3) is 0 Å². The van der Waals surface area contributed by atoms with Crippen LogP contribution in [0.5, 0.6) is 0 Å². The molecule has 4 rings (SSSR count). The van der Waals surface area contributed by atoms with Gasteiger partial charge in [-0.1, -0.05) is 20.8 Å². The first-order valence-electron chi connectivity index (χ1n) is 8.86. The van der Waals surface area contributed by atoms with Gasteiger partial charge in [0.05, 0.1) is 10.8 Å². The summed E-state index contributed by atoms with van der Waals surface area (Å²) in [7, 11) is 0. The minimum atomic E-state index is -0.692. The molecule has 1 N–H and O–H groups in total. The van der Waals surface area contributed by atoms with Crippen molar-refractivity contribution in [1.82, 2.24) is 0 Å². The van der Waals surface area contributed by atoms with E-state index in [1.165, 1.54) is 0 Å². The molecule has 4 fully saturated rings. The second-order valence-electron chi connectivity index (χ2n) is 9.99. The number of carbonyl (C=O) groups excluding carboxylic acids is 1. The predicted octanol–water partition coefficient (Wildman–Crippen LogP) is 4.03. The molecule has 4 aliphatic carbocycles. The van der Waals surface area contributed by atoms with E-state index in [-0.39, 0.29) is 11.4 Å². The maximum absolute atomic E-state index is 12.9. The topological polar surface area (TPSA) is 63.6 Å². The SMILES string of the molecule is CC(C)(C)C(C)(C)C(=O)OC12CC3CC(C1)CC(C(=O)O)(C3)C2. The van der Waals surface area contributed by atoms with Crippen molar-refractivity contribution < 1.29 is 19.4 Å². The second-order valence-corrected chi connectivity index (χ2v) is 9.99. The Morgan fingerprint density at radius 2 is 1.52 bits per heavy atom. The minimum absolute atomic E-state index is 0.174. The number of hydrogen-bond donors (Lipinski definition) is 1. The maximum atomic E-state index is 12.9. The number of ether oxygens (including phenoxy) is 1. The molecule has 0 saturated heterocycles. The van der Waals surface area contributed by atoms with Gasteiger partial charge in [0.1, 0.15) is 5.60 Å². The Morgan fingerprint density at radius 1 is 1.00 bits per heavy atom. The summed E-state index contributed by atoms with van der Waals surface area (Å²) in [5.41, 5.74) is -1.98. The number of carboxylic acids is 1. The van der Waals surface area contributed by atoms with Gasteiger partial charge in [-0.3, -0.25) is 9.59 Å². The van der Waals surface area contributed by atoms with Crippen molar-refractivity contribution in [2.24, 2.45) is 28.1 Å². The molecule has 0 aliphatic heterocycles. The quantitative estimate of drug-likeness (QED) is 0.797. The van der Waals surface area contributed by atoms with Gasteiger partial charge in [0.2, 0.25) is 0 Å². The predicted molar refractivity (Wildman–Crippen MR) is 86.8 cm³/mol. The summed E-state index contributed by atoms with van der Waals surface area (Å²) in [6.45, 7) is 10.0. The summed E-state index contributed by atoms with van der Waals surface area (Å²) in [5, 5.41) is 9.78. The molecule has 4 aliphatic rings. The van der Waals surface area contributed by atoms with Crippen LogP contribution >= 0.6 is 0 Å². The largest absolute Gasteiger partial charge is 0.481 e. The molecule has 4 heteroatoms. The third-order valence-electron chi connectivity index (χ3n) is 7.16. The van der Waals surface area contributed by atoms with Crippen molar-refractivity contribution in [3.63, 3.8) is 0 Å². The van der Waals surface area contributed by atoms with Gasteiger partial charge in [0, 0.05) is 6.42 Å². The monoisotopic (exact) mass is 322 g/mol. The average Bonchev–Trinajstić information content (AvgIpc) is 2.34. The lowest BCUT2D eigenvalue weighted by Gasteiger charge is -2.60. The molecule has 2 atom stereocenters. The molecule has 0 aromatic heterocycles. The lowest BCUT2D eigenvalue weighted by Crippen LogP contribution is -2.60. The van der Waals surface area contributed by atoms with Crippen LogP contribution in [0.2, 0.25) is 0 Å². The molecule has 0 heterocycles. The third-order valence-corrected chi connectivity index (χ3v) is 7.16. The molecule has 0 amide bonds. The molecule has 4 saturated carbocycles. The van der Waals surface area contributed by atoms with Gasteiger partial charge in [-0.2, -0.15) is 0 Å². The van der Waals surface area contributed by atoms with E-state index < -0.39 is 22.4 Å². The van der Waals surface area contributed by atoms with E-state index in [0.29, 0.717) is 18.3 Å². The summed E-state index contributed by atoms with van der Waals surface area (Å²) in [6, 6.07) is 0. The van der Waals surface area contributed by atoms with Crippen LogP contribution in [-0.2, 0) is 14.3 Å². The van der Waals surface area contributed by atoms with E-state index in [1.807, 2.05) is 34.6 Å². The Balaban J connectivity index is 1.86. The molecule has 0 aromatic carbocycles. The number of carboxylic acid groups (broad SMARTS) is 1. The van der Waals surface area contributed by atoms with Crippen LogP contribution in [0.4, 0.5) is 0 Å². The van der Waals surface area contributed by atoms with Crippen molar-refractivity contribution in [2.75, 3.05) is 0 Å². The van der Waals surface area contributed by atoms with E-state index >= 15 is 0 Å². The van der Waals surface area contributed by atoms with Gasteiger partial charge >= 0.3 is 11.9 Å². The smallest absolute Gasteiger partial charge is 0.312 e. The van der Waals surface area contributed by atoms with Crippen LogP contribution in [0.15, 0.2) is 0 Å². The van der Waals surface area contributed by atoms with Gasteiger partial charge in [0.15, 0.2) is 0 Å². The van der Waals surface area contributed by atoms with Crippen LogP contribution < -0.4 is 0 Å². The zero-order valence-electron chi connectivity index (χ0n) is 15.1. The van der Waals surface area contributed by atoms with Crippen molar-refractivity contribution >= 4 is 11.9 Å². The van der Waals surface area contributed by atoms with Crippen LogP contribution in [0, 0.1) is 28.1 Å². The molecule has 4 bridgehead atoms. The Morgan fingerprint density at radius 3 is 1.96 bits per heavy atom. The zero-order valence-corrected chi connectivity index (χ0v) is 15.1. The average molecular weight is 322 g/mol. The van der Waals surface area contributed by atoms with Gasteiger partial charge in [-0.25, -0.2) is 0 Å². The van der Waals surface area contributed by atoms with Crippen LogP contribution in [-0.4, -0.2) is 22.6 Å². The molecular formula is C19H30O4. The fourth-order valence-electron chi connectivity index (χ4n) is 5.18. The summed E-state index contributed by atoms with van der Waals surface area (Å²) in [6.07, 6.45) is 4.85. The Hall–Kier alpha value is -1.06. The summed E-state index contributed by atoms with van der Waals surface area (Å²) in [4.78, 5) is 24.8. The zero-order chi connectivity index (χ0) is 17.3. The standard InChI is InChI=1S/C19H30O4/c1-16(2,3)17(4,5)15(22)23-19-9-12-6-13(10-19)8-18(7-12,11-19)14(20)21/h12-13H,6-11H2,1-5H3,(H,20,21). The van der Waals surface area contributed by atoms with Crippen molar-refractivity contribution in [1.29, 1.82) is 0 Å². The van der Waals surface area contributed by atoms with Crippen LogP contribution in [0.1, 0.15) is 73.1 Å².